The van der Waals surface area contributed by atoms with Gasteiger partial charge in [-0.05, 0) is 19.3 Å². The number of carboxylic acids is 1. The van der Waals surface area contributed by atoms with Crippen LogP contribution < -0.4 is 27.4 Å². The SMILES string of the molecule is NC(N)=NCCC[C@H](NC(=O)CNC(=O)[C@@H]1CCC(=O)N1)C(=O)O. The molecular formula is C13H22N6O5. The normalized spacial score (nSPS) is 17.5. The van der Waals surface area contributed by atoms with Gasteiger partial charge in [0, 0.05) is 13.0 Å². The topological polar surface area (TPSA) is 189 Å². The second kappa shape index (κ2) is 9.33. The van der Waals surface area contributed by atoms with Crippen molar-refractivity contribution in [2.24, 2.45) is 16.5 Å². The van der Waals surface area contributed by atoms with Crippen LogP contribution in [0.2, 0.25) is 0 Å². The van der Waals surface area contributed by atoms with Crippen molar-refractivity contribution in [1.82, 2.24) is 16.0 Å². The maximum atomic E-state index is 11.7. The molecule has 0 aromatic rings. The fraction of sp³-hybridized carbons (Fsp3) is 0.615. The Bertz CT molecular complexity index is 531. The van der Waals surface area contributed by atoms with Crippen molar-refractivity contribution in [3.63, 3.8) is 0 Å². The highest BCUT2D eigenvalue weighted by Crippen LogP contribution is 2.06. The van der Waals surface area contributed by atoms with Crippen molar-refractivity contribution < 1.29 is 24.3 Å². The van der Waals surface area contributed by atoms with E-state index in [1.54, 1.807) is 0 Å². The zero-order valence-electron chi connectivity index (χ0n) is 13.1. The Morgan fingerprint density at radius 1 is 1.38 bits per heavy atom. The lowest BCUT2D eigenvalue weighted by molar-refractivity contribution is -0.142. The van der Waals surface area contributed by atoms with Crippen LogP contribution in [-0.2, 0) is 19.2 Å². The van der Waals surface area contributed by atoms with Crippen LogP contribution in [0.3, 0.4) is 0 Å². The number of carboxylic acid groups (broad SMARTS) is 1. The maximum absolute atomic E-state index is 11.7. The van der Waals surface area contributed by atoms with E-state index in [-0.39, 0.29) is 37.8 Å². The van der Waals surface area contributed by atoms with Gasteiger partial charge in [-0.3, -0.25) is 19.4 Å². The molecule has 11 heteroatoms. The molecule has 3 amide bonds. The second-order valence-electron chi connectivity index (χ2n) is 5.28. The molecule has 8 N–H and O–H groups in total. The summed E-state index contributed by atoms with van der Waals surface area (Å²) in [6, 6.07) is -1.75. The summed E-state index contributed by atoms with van der Waals surface area (Å²) in [5.74, 6) is -2.61. The largest absolute Gasteiger partial charge is 0.480 e. The number of nitrogens with one attached hydrogen (secondary N) is 3. The van der Waals surface area contributed by atoms with Crippen molar-refractivity contribution in [3.8, 4) is 0 Å². The predicted octanol–water partition coefficient (Wildman–Crippen LogP) is -3.00. The van der Waals surface area contributed by atoms with E-state index < -0.39 is 29.9 Å². The molecule has 1 saturated heterocycles. The summed E-state index contributed by atoms with van der Waals surface area (Å²) in [4.78, 5) is 49.3. The fourth-order valence-electron chi connectivity index (χ4n) is 2.11. The highest BCUT2D eigenvalue weighted by atomic mass is 16.4. The molecule has 0 radical (unpaired) electrons. The van der Waals surface area contributed by atoms with Crippen LogP contribution in [-0.4, -0.2) is 59.9 Å². The second-order valence-corrected chi connectivity index (χ2v) is 5.28. The molecule has 0 bridgehead atoms. The standard InChI is InChI=1S/C13H22N6O5/c14-13(15)16-5-1-2-8(12(23)24)19-10(21)6-17-11(22)7-3-4-9(20)18-7/h7-8H,1-6H2,(H,17,22)(H,18,20)(H,19,21)(H,23,24)(H4,14,15,16)/t7-,8-/m0/s1. The van der Waals surface area contributed by atoms with Crippen LogP contribution in [0.25, 0.3) is 0 Å². The Balaban J connectivity index is 2.34. The monoisotopic (exact) mass is 342 g/mol. The minimum Gasteiger partial charge on any atom is -0.480 e. The number of guanidine groups is 1. The minimum atomic E-state index is -1.19. The van der Waals surface area contributed by atoms with E-state index in [1.165, 1.54) is 0 Å². The molecule has 1 aliphatic rings. The van der Waals surface area contributed by atoms with Crippen molar-refractivity contribution in [2.75, 3.05) is 13.1 Å². The summed E-state index contributed by atoms with van der Waals surface area (Å²) in [5, 5.41) is 16.2. The Kier molecular flexibility index (Phi) is 7.46. The highest BCUT2D eigenvalue weighted by Gasteiger charge is 2.27. The van der Waals surface area contributed by atoms with E-state index in [2.05, 4.69) is 20.9 Å². The van der Waals surface area contributed by atoms with Gasteiger partial charge in [0.05, 0.1) is 6.54 Å². The van der Waals surface area contributed by atoms with Gasteiger partial charge in [0.25, 0.3) is 0 Å². The van der Waals surface area contributed by atoms with Gasteiger partial charge in [-0.15, -0.1) is 0 Å². The molecule has 11 nitrogen and oxygen atoms in total. The van der Waals surface area contributed by atoms with Gasteiger partial charge in [0.15, 0.2) is 5.96 Å². The molecule has 2 atom stereocenters. The summed E-state index contributed by atoms with van der Waals surface area (Å²) in [6.45, 7) is -0.122. The number of hydrogen-bond donors (Lipinski definition) is 6. The summed E-state index contributed by atoms with van der Waals surface area (Å²) in [7, 11) is 0. The third-order valence-corrected chi connectivity index (χ3v) is 3.31. The Morgan fingerprint density at radius 3 is 2.62 bits per heavy atom. The lowest BCUT2D eigenvalue weighted by atomic mass is 10.1. The number of carbonyl (C=O) groups excluding carboxylic acids is 3. The highest BCUT2D eigenvalue weighted by molar-refractivity contribution is 5.93. The van der Waals surface area contributed by atoms with E-state index in [0.717, 1.165) is 0 Å². The average molecular weight is 342 g/mol. The quantitative estimate of drug-likeness (QED) is 0.146. The minimum absolute atomic E-state index is 0.0902. The number of aliphatic imine (C=N–C) groups is 1. The first-order valence-corrected chi connectivity index (χ1v) is 7.44. The summed E-state index contributed by atoms with van der Waals surface area (Å²) < 4.78 is 0. The lowest BCUT2D eigenvalue weighted by Crippen LogP contribution is -2.48. The molecule has 0 aromatic heterocycles. The third-order valence-electron chi connectivity index (χ3n) is 3.31. The first kappa shape index (κ1) is 19.2. The number of hydrogen-bond acceptors (Lipinski definition) is 5. The zero-order chi connectivity index (χ0) is 18.1. The van der Waals surface area contributed by atoms with E-state index >= 15 is 0 Å². The van der Waals surface area contributed by atoms with E-state index in [9.17, 15) is 19.2 Å². The Labute approximate surface area is 138 Å². The van der Waals surface area contributed by atoms with E-state index in [1.807, 2.05) is 0 Å². The number of carbonyl (C=O) groups is 4. The smallest absolute Gasteiger partial charge is 0.326 e. The molecule has 1 aliphatic heterocycles. The summed E-state index contributed by atoms with van der Waals surface area (Å²) in [5.41, 5.74) is 10.3. The number of nitrogens with two attached hydrogens (primary N) is 2. The van der Waals surface area contributed by atoms with E-state index in [0.29, 0.717) is 12.8 Å². The van der Waals surface area contributed by atoms with Gasteiger partial charge in [0.1, 0.15) is 12.1 Å². The molecule has 0 saturated carbocycles. The molecular weight excluding hydrogens is 320 g/mol. The van der Waals surface area contributed by atoms with Gasteiger partial charge in [-0.1, -0.05) is 0 Å². The molecule has 24 heavy (non-hydrogen) atoms. The molecule has 0 aliphatic carbocycles. The Morgan fingerprint density at radius 2 is 2.08 bits per heavy atom. The van der Waals surface area contributed by atoms with Crippen LogP contribution in [0.1, 0.15) is 25.7 Å². The molecule has 0 unspecified atom stereocenters. The van der Waals surface area contributed by atoms with Crippen LogP contribution in [0.5, 0.6) is 0 Å². The van der Waals surface area contributed by atoms with Crippen LogP contribution in [0.4, 0.5) is 0 Å². The molecule has 0 aromatic carbocycles. The van der Waals surface area contributed by atoms with Crippen molar-refractivity contribution in [1.29, 1.82) is 0 Å². The third kappa shape index (κ3) is 6.94. The predicted molar refractivity (Wildman–Crippen MR) is 83.7 cm³/mol. The summed E-state index contributed by atoms with van der Waals surface area (Å²) >= 11 is 0. The maximum Gasteiger partial charge on any atom is 0.326 e. The average Bonchev–Trinajstić information content (AvgIpc) is 2.94. The molecule has 134 valence electrons. The van der Waals surface area contributed by atoms with Gasteiger partial charge in [-0.25, -0.2) is 4.79 Å². The number of aliphatic carboxylic acids is 1. The van der Waals surface area contributed by atoms with Crippen molar-refractivity contribution >= 4 is 29.7 Å². The molecule has 1 heterocycles. The lowest BCUT2D eigenvalue weighted by Gasteiger charge is -2.15. The van der Waals surface area contributed by atoms with Crippen LogP contribution in [0.15, 0.2) is 4.99 Å². The number of amides is 3. The van der Waals surface area contributed by atoms with Crippen molar-refractivity contribution in [3.05, 3.63) is 0 Å². The first-order valence-electron chi connectivity index (χ1n) is 7.44. The number of nitrogens with zero attached hydrogens (tertiary/aromatic N) is 1. The zero-order valence-corrected chi connectivity index (χ0v) is 13.1. The fourth-order valence-corrected chi connectivity index (χ4v) is 2.11. The molecule has 0 spiro atoms. The van der Waals surface area contributed by atoms with Gasteiger partial charge in [-0.2, -0.15) is 0 Å². The Hall–Kier alpha value is -2.85. The van der Waals surface area contributed by atoms with Crippen molar-refractivity contribution in [2.45, 2.75) is 37.8 Å². The van der Waals surface area contributed by atoms with Crippen LogP contribution >= 0.6 is 0 Å². The van der Waals surface area contributed by atoms with E-state index in [4.69, 9.17) is 16.6 Å². The van der Waals surface area contributed by atoms with Gasteiger partial charge in [0.2, 0.25) is 17.7 Å². The van der Waals surface area contributed by atoms with Gasteiger partial charge < -0.3 is 32.5 Å². The number of rotatable bonds is 9. The molecule has 1 fully saturated rings. The van der Waals surface area contributed by atoms with Gasteiger partial charge >= 0.3 is 5.97 Å². The molecule has 1 rings (SSSR count). The first-order chi connectivity index (χ1) is 11.3. The summed E-state index contributed by atoms with van der Waals surface area (Å²) in [6.07, 6.45) is 1.15. The van der Waals surface area contributed by atoms with Crippen LogP contribution in [0, 0.1) is 0 Å².